The Labute approximate surface area is 216 Å². The van der Waals surface area contributed by atoms with Crippen LogP contribution >= 0.6 is 22.9 Å². The lowest BCUT2D eigenvalue weighted by Gasteiger charge is -2.27. The van der Waals surface area contributed by atoms with Crippen LogP contribution in [0.3, 0.4) is 0 Å². The summed E-state index contributed by atoms with van der Waals surface area (Å²) in [6.07, 6.45) is -3.50. The molecule has 4 aromatic rings. The minimum absolute atomic E-state index is 0.0474. The van der Waals surface area contributed by atoms with E-state index < -0.39 is 23.5 Å². The van der Waals surface area contributed by atoms with Gasteiger partial charge in [-0.25, -0.2) is 9.50 Å². The number of alkyl halides is 3. The zero-order valence-corrected chi connectivity index (χ0v) is 20.8. The third-order valence-electron chi connectivity index (χ3n) is 5.70. The van der Waals surface area contributed by atoms with Crippen molar-refractivity contribution in [3.63, 3.8) is 0 Å². The number of nitrogens with zero attached hydrogens (tertiary/aromatic N) is 6. The number of carbonyl (C=O) groups is 2. The first kappa shape index (κ1) is 25.2. The molecule has 10 nitrogen and oxygen atoms in total. The highest BCUT2D eigenvalue weighted by Gasteiger charge is 2.37. The van der Waals surface area contributed by atoms with Crippen LogP contribution in [0.15, 0.2) is 29.8 Å². The van der Waals surface area contributed by atoms with E-state index in [9.17, 15) is 22.8 Å². The normalized spacial score (nSPS) is 14.4. The van der Waals surface area contributed by atoms with Crippen LogP contribution in [0.5, 0.6) is 0 Å². The third-order valence-corrected chi connectivity index (χ3v) is 6.94. The van der Waals surface area contributed by atoms with E-state index in [1.807, 2.05) is 0 Å². The molecule has 1 aliphatic rings. The summed E-state index contributed by atoms with van der Waals surface area (Å²) in [5, 5.41) is 11.9. The lowest BCUT2D eigenvalue weighted by atomic mass is 10.2. The molecule has 2 amide bonds. The molecule has 0 atom stereocenters. The van der Waals surface area contributed by atoms with Crippen molar-refractivity contribution >= 4 is 46.1 Å². The first-order valence-electron chi connectivity index (χ1n) is 11.1. The summed E-state index contributed by atoms with van der Waals surface area (Å²) < 4.78 is 48.9. The fourth-order valence-corrected chi connectivity index (χ4v) is 4.86. The highest BCUT2D eigenvalue weighted by molar-refractivity contribution is 7.13. The summed E-state index contributed by atoms with van der Waals surface area (Å²) in [6.45, 7) is 3.64. The zero-order valence-electron chi connectivity index (χ0n) is 19.3. The number of hydrogen-bond donors (Lipinski definition) is 1. The lowest BCUT2D eigenvalue weighted by Crippen LogP contribution is -2.41. The molecular formula is C22H19ClF3N7O3S. The molecule has 37 heavy (non-hydrogen) atoms. The number of ether oxygens (including phenoxy) is 1. The number of halogens is 4. The Morgan fingerprint density at radius 1 is 1.27 bits per heavy atom. The number of aryl methyl sites for hydroxylation is 1. The molecule has 0 unspecified atom stereocenters. The van der Waals surface area contributed by atoms with Crippen LogP contribution in [-0.4, -0.2) is 67.4 Å². The van der Waals surface area contributed by atoms with Gasteiger partial charge in [0.15, 0.2) is 17.0 Å². The molecule has 0 aliphatic carbocycles. The van der Waals surface area contributed by atoms with Gasteiger partial charge in [0.2, 0.25) is 0 Å². The average molecular weight is 554 g/mol. The monoisotopic (exact) mass is 553 g/mol. The standard InChI is InChI=1S/C22H19ClF3N7O3S/c1-2-32-18(21(35)31-5-7-36-8-6-31)13(11-27-32)29-20(34)17-16(23)19-28-12(14-4-3-9-37-14)10-15(22(24,25)26)33(19)30-17/h3-4,9-11H,2,5-8H2,1H3,(H,29,34). The molecule has 5 rings (SSSR count). The second-order valence-corrected chi connectivity index (χ2v) is 9.31. The molecule has 1 aliphatic heterocycles. The van der Waals surface area contributed by atoms with E-state index in [-0.39, 0.29) is 33.7 Å². The molecule has 0 spiro atoms. The Morgan fingerprint density at radius 3 is 2.68 bits per heavy atom. The molecule has 1 N–H and O–H groups in total. The Kier molecular flexibility index (Phi) is 6.64. The number of nitrogens with one attached hydrogen (secondary N) is 1. The highest BCUT2D eigenvalue weighted by atomic mass is 35.5. The van der Waals surface area contributed by atoms with E-state index in [0.717, 1.165) is 6.07 Å². The van der Waals surface area contributed by atoms with Gasteiger partial charge in [-0.3, -0.25) is 14.3 Å². The number of amides is 2. The second kappa shape index (κ2) is 9.76. The Bertz CT molecular complexity index is 1480. The zero-order chi connectivity index (χ0) is 26.3. The minimum Gasteiger partial charge on any atom is -0.378 e. The molecule has 0 aromatic carbocycles. The molecule has 194 valence electrons. The number of carbonyl (C=O) groups excluding carboxylic acids is 2. The van der Waals surface area contributed by atoms with Gasteiger partial charge in [-0.1, -0.05) is 17.7 Å². The predicted molar refractivity (Wildman–Crippen MR) is 129 cm³/mol. The maximum absolute atomic E-state index is 13.9. The SMILES string of the molecule is CCn1ncc(NC(=O)c2nn3c(C(F)(F)F)cc(-c4cccs4)nc3c2Cl)c1C(=O)N1CCOCC1. The van der Waals surface area contributed by atoms with Gasteiger partial charge in [-0.15, -0.1) is 11.3 Å². The van der Waals surface area contributed by atoms with Gasteiger partial charge in [0.1, 0.15) is 10.7 Å². The quantitative estimate of drug-likeness (QED) is 0.399. The molecule has 15 heteroatoms. The van der Waals surface area contributed by atoms with Crippen molar-refractivity contribution in [2.45, 2.75) is 19.6 Å². The number of morpholine rings is 1. The summed E-state index contributed by atoms with van der Waals surface area (Å²) in [6, 6.07) is 4.16. The van der Waals surface area contributed by atoms with Gasteiger partial charge < -0.3 is 15.0 Å². The number of rotatable bonds is 5. The largest absolute Gasteiger partial charge is 0.433 e. The summed E-state index contributed by atoms with van der Waals surface area (Å²) in [7, 11) is 0. The molecule has 1 fully saturated rings. The average Bonchev–Trinajstić information content (AvgIpc) is 3.62. The van der Waals surface area contributed by atoms with Crippen LogP contribution in [0.1, 0.15) is 33.6 Å². The van der Waals surface area contributed by atoms with E-state index in [1.54, 1.807) is 29.3 Å². The number of hydrogen-bond acceptors (Lipinski definition) is 7. The maximum atomic E-state index is 13.9. The number of aromatic nitrogens is 5. The van der Waals surface area contributed by atoms with Gasteiger partial charge >= 0.3 is 6.18 Å². The first-order chi connectivity index (χ1) is 17.7. The smallest absolute Gasteiger partial charge is 0.378 e. The van der Waals surface area contributed by atoms with Crippen molar-refractivity contribution in [1.29, 1.82) is 0 Å². The van der Waals surface area contributed by atoms with Gasteiger partial charge in [-0.05, 0) is 24.4 Å². The molecule has 0 radical (unpaired) electrons. The first-order valence-corrected chi connectivity index (χ1v) is 12.4. The molecular weight excluding hydrogens is 535 g/mol. The minimum atomic E-state index is -4.80. The van der Waals surface area contributed by atoms with Crippen molar-refractivity contribution in [2.24, 2.45) is 0 Å². The van der Waals surface area contributed by atoms with E-state index in [2.05, 4.69) is 20.5 Å². The van der Waals surface area contributed by atoms with Crippen LogP contribution in [0.25, 0.3) is 16.2 Å². The van der Waals surface area contributed by atoms with Crippen LogP contribution in [0.4, 0.5) is 18.9 Å². The fourth-order valence-electron chi connectivity index (χ4n) is 3.93. The highest BCUT2D eigenvalue weighted by Crippen LogP contribution is 2.35. The predicted octanol–water partition coefficient (Wildman–Crippen LogP) is 4.07. The van der Waals surface area contributed by atoms with Gasteiger partial charge in [0.05, 0.1) is 35.7 Å². The molecule has 4 aromatic heterocycles. The fraction of sp³-hybridized carbons (Fsp3) is 0.318. The second-order valence-electron chi connectivity index (χ2n) is 7.98. The van der Waals surface area contributed by atoms with Gasteiger partial charge in [0.25, 0.3) is 11.8 Å². The Hall–Kier alpha value is -3.49. The van der Waals surface area contributed by atoms with Gasteiger partial charge in [-0.2, -0.15) is 23.4 Å². The van der Waals surface area contributed by atoms with E-state index in [0.29, 0.717) is 42.2 Å². The summed E-state index contributed by atoms with van der Waals surface area (Å²) in [5.41, 5.74) is -1.67. The lowest BCUT2D eigenvalue weighted by molar-refractivity contribution is -0.142. The number of fused-ring (bicyclic) bond motifs is 1. The Morgan fingerprint density at radius 2 is 2.03 bits per heavy atom. The summed E-state index contributed by atoms with van der Waals surface area (Å²) in [5.74, 6) is -1.27. The molecule has 0 bridgehead atoms. The number of thiophene rings is 1. The van der Waals surface area contributed by atoms with Crippen molar-refractivity contribution in [1.82, 2.24) is 29.3 Å². The van der Waals surface area contributed by atoms with Crippen molar-refractivity contribution in [3.8, 4) is 10.6 Å². The molecule has 0 saturated carbocycles. The summed E-state index contributed by atoms with van der Waals surface area (Å²) >= 11 is 7.56. The van der Waals surface area contributed by atoms with E-state index >= 15 is 0 Å². The summed E-state index contributed by atoms with van der Waals surface area (Å²) in [4.78, 5) is 32.6. The Balaban J connectivity index is 1.53. The maximum Gasteiger partial charge on any atom is 0.433 e. The number of anilines is 1. The third kappa shape index (κ3) is 4.67. The molecule has 5 heterocycles. The van der Waals surface area contributed by atoms with Crippen LogP contribution in [0.2, 0.25) is 5.02 Å². The van der Waals surface area contributed by atoms with Crippen molar-refractivity contribution in [2.75, 3.05) is 31.6 Å². The van der Waals surface area contributed by atoms with Crippen LogP contribution in [0, 0.1) is 0 Å². The van der Waals surface area contributed by atoms with E-state index in [1.165, 1.54) is 22.2 Å². The topological polar surface area (TPSA) is 107 Å². The van der Waals surface area contributed by atoms with Gasteiger partial charge in [0, 0.05) is 19.6 Å². The van der Waals surface area contributed by atoms with Crippen LogP contribution in [-0.2, 0) is 17.5 Å². The van der Waals surface area contributed by atoms with E-state index in [4.69, 9.17) is 16.3 Å². The molecule has 1 saturated heterocycles. The van der Waals surface area contributed by atoms with Crippen molar-refractivity contribution < 1.29 is 27.5 Å². The van der Waals surface area contributed by atoms with Crippen LogP contribution < -0.4 is 5.32 Å². The van der Waals surface area contributed by atoms with Crippen molar-refractivity contribution in [3.05, 3.63) is 51.9 Å².